The van der Waals surface area contributed by atoms with Gasteiger partial charge in [-0.1, -0.05) is 23.2 Å². The summed E-state index contributed by atoms with van der Waals surface area (Å²) in [5.41, 5.74) is 0. The summed E-state index contributed by atoms with van der Waals surface area (Å²) in [7, 11) is 1.77. The van der Waals surface area contributed by atoms with E-state index in [0.717, 1.165) is 4.90 Å². The van der Waals surface area contributed by atoms with E-state index >= 15 is 0 Å². The number of nitriles is 1. The fourth-order valence-electron chi connectivity index (χ4n) is 0.931. The molecule has 0 bridgehead atoms. The van der Waals surface area contributed by atoms with Crippen LogP contribution in [0, 0.1) is 11.3 Å². The highest BCUT2D eigenvalue weighted by Crippen LogP contribution is 2.28. The monoisotopic (exact) mass is 260 g/mol. The van der Waals surface area contributed by atoms with Crippen molar-refractivity contribution < 1.29 is 0 Å². The number of benzene rings is 1. The van der Waals surface area contributed by atoms with Gasteiger partial charge in [0.05, 0.1) is 16.1 Å². The van der Waals surface area contributed by atoms with E-state index in [1.165, 1.54) is 0 Å². The molecule has 1 unspecified atom stereocenters. The van der Waals surface area contributed by atoms with Crippen molar-refractivity contribution in [1.29, 1.82) is 5.26 Å². The van der Waals surface area contributed by atoms with Gasteiger partial charge in [0.15, 0.2) is 0 Å². The van der Waals surface area contributed by atoms with Crippen LogP contribution in [0.5, 0.6) is 0 Å². The maximum Gasteiger partial charge on any atom is 0.104 e. The van der Waals surface area contributed by atoms with Crippen LogP contribution in [0.2, 0.25) is 10.0 Å². The Hall–Kier alpha value is -0.400. The van der Waals surface area contributed by atoms with Crippen molar-refractivity contribution >= 4 is 35.0 Å². The standard InChI is InChI=1S/C10H10Cl2N2S/c1-14-7(5-13)6-15-8-2-3-9(11)10(12)4-8/h2-4,7,14H,6H2,1H3. The van der Waals surface area contributed by atoms with Crippen LogP contribution >= 0.6 is 35.0 Å². The summed E-state index contributed by atoms with van der Waals surface area (Å²) in [5, 5.41) is 12.7. The third kappa shape index (κ3) is 3.92. The first-order valence-electron chi connectivity index (χ1n) is 4.32. The van der Waals surface area contributed by atoms with Gasteiger partial charge in [0.25, 0.3) is 0 Å². The molecule has 5 heteroatoms. The van der Waals surface area contributed by atoms with Crippen LogP contribution in [0.25, 0.3) is 0 Å². The zero-order valence-corrected chi connectivity index (χ0v) is 10.5. The van der Waals surface area contributed by atoms with Gasteiger partial charge in [-0.05, 0) is 25.2 Å². The van der Waals surface area contributed by atoms with Crippen LogP contribution in [0.3, 0.4) is 0 Å². The number of rotatable bonds is 4. The van der Waals surface area contributed by atoms with Crippen molar-refractivity contribution in [3.63, 3.8) is 0 Å². The lowest BCUT2D eigenvalue weighted by Crippen LogP contribution is -2.25. The molecule has 0 saturated heterocycles. The zero-order valence-electron chi connectivity index (χ0n) is 8.13. The summed E-state index contributed by atoms with van der Waals surface area (Å²) in [6.45, 7) is 0. The second-order valence-corrected chi connectivity index (χ2v) is 4.77. The summed E-state index contributed by atoms with van der Waals surface area (Å²) in [6.07, 6.45) is 0. The molecular weight excluding hydrogens is 251 g/mol. The molecule has 1 atom stereocenters. The molecule has 15 heavy (non-hydrogen) atoms. The number of nitrogens with zero attached hydrogens (tertiary/aromatic N) is 1. The van der Waals surface area contributed by atoms with Crippen molar-refractivity contribution in [2.45, 2.75) is 10.9 Å². The lowest BCUT2D eigenvalue weighted by Gasteiger charge is -2.07. The van der Waals surface area contributed by atoms with Gasteiger partial charge in [0.1, 0.15) is 6.04 Å². The molecule has 0 aliphatic rings. The van der Waals surface area contributed by atoms with Crippen LogP contribution in [0.1, 0.15) is 0 Å². The summed E-state index contributed by atoms with van der Waals surface area (Å²) in [6, 6.07) is 7.46. The van der Waals surface area contributed by atoms with Crippen LogP contribution in [-0.4, -0.2) is 18.8 Å². The molecule has 1 N–H and O–H groups in total. The van der Waals surface area contributed by atoms with E-state index in [1.807, 2.05) is 6.07 Å². The maximum atomic E-state index is 8.73. The molecule has 0 spiro atoms. The molecular formula is C10H10Cl2N2S. The van der Waals surface area contributed by atoms with Crippen LogP contribution in [0.4, 0.5) is 0 Å². The van der Waals surface area contributed by atoms with Crippen LogP contribution < -0.4 is 5.32 Å². The largest absolute Gasteiger partial charge is 0.304 e. The molecule has 80 valence electrons. The third-order valence-electron chi connectivity index (χ3n) is 1.81. The smallest absolute Gasteiger partial charge is 0.104 e. The van der Waals surface area contributed by atoms with E-state index in [4.69, 9.17) is 28.5 Å². The average Bonchev–Trinajstić information content (AvgIpc) is 2.24. The Kier molecular flexibility index (Phi) is 5.27. The molecule has 0 heterocycles. The third-order valence-corrected chi connectivity index (χ3v) is 3.64. The van der Waals surface area contributed by atoms with Crippen molar-refractivity contribution in [3.8, 4) is 6.07 Å². The molecule has 0 aliphatic carbocycles. The quantitative estimate of drug-likeness (QED) is 0.845. The van der Waals surface area contributed by atoms with E-state index in [9.17, 15) is 0 Å². The molecule has 0 amide bonds. The summed E-state index contributed by atoms with van der Waals surface area (Å²) >= 11 is 13.2. The number of thioether (sulfide) groups is 1. The van der Waals surface area contributed by atoms with Gasteiger partial charge >= 0.3 is 0 Å². The highest BCUT2D eigenvalue weighted by molar-refractivity contribution is 7.99. The Labute approximate surface area is 104 Å². The van der Waals surface area contributed by atoms with Crippen LogP contribution in [0.15, 0.2) is 23.1 Å². The number of hydrogen-bond donors (Lipinski definition) is 1. The number of halogens is 2. The van der Waals surface area contributed by atoms with Gasteiger partial charge in [-0.25, -0.2) is 0 Å². The van der Waals surface area contributed by atoms with Gasteiger partial charge in [-0.3, -0.25) is 0 Å². The average molecular weight is 261 g/mol. The molecule has 1 aromatic carbocycles. The number of nitrogens with one attached hydrogen (secondary N) is 1. The summed E-state index contributed by atoms with van der Waals surface area (Å²) < 4.78 is 0. The first kappa shape index (κ1) is 12.7. The number of hydrogen-bond acceptors (Lipinski definition) is 3. The Morgan fingerprint density at radius 1 is 1.47 bits per heavy atom. The fourth-order valence-corrected chi connectivity index (χ4v) is 2.26. The van der Waals surface area contributed by atoms with Gasteiger partial charge in [-0.2, -0.15) is 5.26 Å². The molecule has 0 aliphatic heterocycles. The van der Waals surface area contributed by atoms with E-state index in [2.05, 4.69) is 11.4 Å². The van der Waals surface area contributed by atoms with Crippen molar-refractivity contribution in [2.75, 3.05) is 12.8 Å². The lowest BCUT2D eigenvalue weighted by molar-refractivity contribution is 0.750. The van der Waals surface area contributed by atoms with Gasteiger partial charge in [0, 0.05) is 10.6 Å². The fraction of sp³-hybridized carbons (Fsp3) is 0.300. The first-order valence-corrected chi connectivity index (χ1v) is 6.06. The first-order chi connectivity index (χ1) is 7.17. The SMILES string of the molecule is CNC(C#N)CSc1ccc(Cl)c(Cl)c1. The molecule has 0 radical (unpaired) electrons. The molecule has 0 saturated carbocycles. The minimum Gasteiger partial charge on any atom is -0.304 e. The Balaban J connectivity index is 2.59. The predicted molar refractivity (Wildman–Crippen MR) is 65.6 cm³/mol. The topological polar surface area (TPSA) is 35.8 Å². The normalized spacial score (nSPS) is 12.1. The summed E-state index contributed by atoms with van der Waals surface area (Å²) in [5.74, 6) is 0.685. The highest BCUT2D eigenvalue weighted by atomic mass is 35.5. The Bertz CT molecular complexity index is 376. The summed E-state index contributed by atoms with van der Waals surface area (Å²) in [4.78, 5) is 1.01. The van der Waals surface area contributed by atoms with E-state index in [1.54, 1.807) is 30.9 Å². The lowest BCUT2D eigenvalue weighted by atomic mass is 10.4. The van der Waals surface area contributed by atoms with E-state index in [-0.39, 0.29) is 6.04 Å². The molecule has 1 rings (SSSR count). The van der Waals surface area contributed by atoms with Gasteiger partial charge in [-0.15, -0.1) is 11.8 Å². The zero-order chi connectivity index (χ0) is 11.3. The van der Waals surface area contributed by atoms with Crippen LogP contribution in [-0.2, 0) is 0 Å². The molecule has 0 aromatic heterocycles. The predicted octanol–water partition coefficient (Wildman–Crippen LogP) is 3.20. The molecule has 2 nitrogen and oxygen atoms in total. The second kappa shape index (κ2) is 6.24. The van der Waals surface area contributed by atoms with E-state index in [0.29, 0.717) is 15.8 Å². The van der Waals surface area contributed by atoms with Crippen molar-refractivity contribution in [1.82, 2.24) is 5.32 Å². The second-order valence-electron chi connectivity index (χ2n) is 2.86. The highest BCUT2D eigenvalue weighted by Gasteiger charge is 2.05. The van der Waals surface area contributed by atoms with Gasteiger partial charge in [0.2, 0.25) is 0 Å². The van der Waals surface area contributed by atoms with Crippen molar-refractivity contribution in [2.24, 2.45) is 0 Å². The molecule has 1 aromatic rings. The maximum absolute atomic E-state index is 8.73. The Morgan fingerprint density at radius 2 is 2.20 bits per heavy atom. The van der Waals surface area contributed by atoms with Crippen molar-refractivity contribution in [3.05, 3.63) is 28.2 Å². The van der Waals surface area contributed by atoms with Gasteiger partial charge < -0.3 is 5.32 Å². The minimum absolute atomic E-state index is 0.149. The molecule has 0 fully saturated rings. The van der Waals surface area contributed by atoms with E-state index < -0.39 is 0 Å². The minimum atomic E-state index is -0.149. The Morgan fingerprint density at radius 3 is 2.73 bits per heavy atom.